The SMILES string of the molecule is COc1ccc(C(CC(=O)Nc2cccc(N3CCOCC3)c2)C2CC2)cc1. The first-order chi connectivity index (χ1) is 13.7. The highest BCUT2D eigenvalue weighted by Gasteiger charge is 2.33. The molecule has 1 saturated heterocycles. The van der Waals surface area contributed by atoms with Crippen molar-refractivity contribution in [2.75, 3.05) is 43.6 Å². The zero-order valence-electron chi connectivity index (χ0n) is 16.4. The van der Waals surface area contributed by atoms with E-state index < -0.39 is 0 Å². The number of hydrogen-bond donors (Lipinski definition) is 1. The molecule has 4 rings (SSSR count). The first kappa shape index (κ1) is 18.8. The van der Waals surface area contributed by atoms with Crippen LogP contribution >= 0.6 is 0 Å². The van der Waals surface area contributed by atoms with Crippen molar-refractivity contribution < 1.29 is 14.3 Å². The average molecular weight is 380 g/mol. The van der Waals surface area contributed by atoms with Crippen molar-refractivity contribution >= 4 is 17.3 Å². The summed E-state index contributed by atoms with van der Waals surface area (Å²) in [6, 6.07) is 16.3. The summed E-state index contributed by atoms with van der Waals surface area (Å²) >= 11 is 0. The summed E-state index contributed by atoms with van der Waals surface area (Å²) in [4.78, 5) is 15.1. The Labute approximate surface area is 166 Å². The number of carbonyl (C=O) groups excluding carboxylic acids is 1. The molecule has 2 aromatic carbocycles. The molecule has 1 heterocycles. The zero-order chi connectivity index (χ0) is 19.3. The van der Waals surface area contributed by atoms with Gasteiger partial charge in [0.05, 0.1) is 20.3 Å². The highest BCUT2D eigenvalue weighted by atomic mass is 16.5. The van der Waals surface area contributed by atoms with Gasteiger partial charge in [-0.25, -0.2) is 0 Å². The van der Waals surface area contributed by atoms with Crippen LogP contribution in [0.1, 0.15) is 30.7 Å². The fraction of sp³-hybridized carbons (Fsp3) is 0.435. The van der Waals surface area contributed by atoms with Gasteiger partial charge in [0.1, 0.15) is 5.75 Å². The third kappa shape index (κ3) is 4.65. The fourth-order valence-corrected chi connectivity index (χ4v) is 3.92. The quantitative estimate of drug-likeness (QED) is 0.787. The number of anilines is 2. The molecule has 5 nitrogen and oxygen atoms in total. The maximum Gasteiger partial charge on any atom is 0.224 e. The van der Waals surface area contributed by atoms with Crippen molar-refractivity contribution in [1.82, 2.24) is 0 Å². The summed E-state index contributed by atoms with van der Waals surface area (Å²) in [5.41, 5.74) is 3.22. The molecule has 2 aromatic rings. The zero-order valence-corrected chi connectivity index (χ0v) is 16.4. The van der Waals surface area contributed by atoms with Gasteiger partial charge in [0.15, 0.2) is 0 Å². The number of benzene rings is 2. The van der Waals surface area contributed by atoms with Crippen molar-refractivity contribution in [3.8, 4) is 5.75 Å². The van der Waals surface area contributed by atoms with Gasteiger partial charge in [0.2, 0.25) is 5.91 Å². The summed E-state index contributed by atoms with van der Waals surface area (Å²) in [6.07, 6.45) is 2.92. The molecule has 5 heteroatoms. The number of nitrogens with one attached hydrogen (secondary N) is 1. The van der Waals surface area contributed by atoms with Gasteiger partial charge >= 0.3 is 0 Å². The van der Waals surface area contributed by atoms with Crippen LogP contribution in [0, 0.1) is 5.92 Å². The van der Waals surface area contributed by atoms with Gasteiger partial charge in [-0.1, -0.05) is 18.2 Å². The molecule has 148 valence electrons. The summed E-state index contributed by atoms with van der Waals surface area (Å²) in [6.45, 7) is 3.28. The second-order valence-corrected chi connectivity index (χ2v) is 7.62. The van der Waals surface area contributed by atoms with Crippen LogP contribution in [0.3, 0.4) is 0 Å². The van der Waals surface area contributed by atoms with Gasteiger partial charge in [-0.3, -0.25) is 4.79 Å². The first-order valence-corrected chi connectivity index (χ1v) is 10.1. The van der Waals surface area contributed by atoms with Gasteiger partial charge in [0.25, 0.3) is 0 Å². The Morgan fingerprint density at radius 2 is 1.93 bits per heavy atom. The van der Waals surface area contributed by atoms with E-state index in [-0.39, 0.29) is 11.8 Å². The van der Waals surface area contributed by atoms with E-state index in [2.05, 4.69) is 34.5 Å². The first-order valence-electron chi connectivity index (χ1n) is 10.1. The van der Waals surface area contributed by atoms with Gasteiger partial charge in [-0.15, -0.1) is 0 Å². The van der Waals surface area contributed by atoms with Crippen LogP contribution in [-0.2, 0) is 9.53 Å². The van der Waals surface area contributed by atoms with Crippen molar-refractivity contribution in [2.45, 2.75) is 25.2 Å². The average Bonchev–Trinajstić information content (AvgIpc) is 3.58. The number of methoxy groups -OCH3 is 1. The Hall–Kier alpha value is -2.53. The number of morpholine rings is 1. The lowest BCUT2D eigenvalue weighted by atomic mass is 9.90. The lowest BCUT2D eigenvalue weighted by Crippen LogP contribution is -2.36. The van der Waals surface area contributed by atoms with Crippen molar-refractivity contribution in [3.63, 3.8) is 0 Å². The summed E-state index contributed by atoms with van der Waals surface area (Å²) in [5.74, 6) is 1.81. The molecule has 2 aliphatic rings. The molecule has 0 aromatic heterocycles. The Morgan fingerprint density at radius 1 is 1.18 bits per heavy atom. The summed E-state index contributed by atoms with van der Waals surface area (Å²) in [7, 11) is 1.67. The van der Waals surface area contributed by atoms with Crippen molar-refractivity contribution in [2.24, 2.45) is 5.92 Å². The molecule has 1 atom stereocenters. The van der Waals surface area contributed by atoms with E-state index in [0.29, 0.717) is 12.3 Å². The van der Waals surface area contributed by atoms with Crippen molar-refractivity contribution in [3.05, 3.63) is 54.1 Å². The van der Waals surface area contributed by atoms with Crippen molar-refractivity contribution in [1.29, 1.82) is 0 Å². The maximum absolute atomic E-state index is 12.8. The third-order valence-electron chi connectivity index (χ3n) is 5.65. The Balaban J connectivity index is 1.41. The molecule has 0 spiro atoms. The lowest BCUT2D eigenvalue weighted by Gasteiger charge is -2.29. The minimum absolute atomic E-state index is 0.0758. The molecule has 1 unspecified atom stereocenters. The maximum atomic E-state index is 12.8. The highest BCUT2D eigenvalue weighted by Crippen LogP contribution is 2.44. The van der Waals surface area contributed by atoms with Crippen LogP contribution < -0.4 is 15.0 Å². The van der Waals surface area contributed by atoms with Crippen LogP contribution in [0.2, 0.25) is 0 Å². The number of nitrogens with zero attached hydrogens (tertiary/aromatic N) is 1. The molecule has 1 saturated carbocycles. The van der Waals surface area contributed by atoms with E-state index >= 15 is 0 Å². The van der Waals surface area contributed by atoms with E-state index in [4.69, 9.17) is 9.47 Å². The fourth-order valence-electron chi connectivity index (χ4n) is 3.92. The third-order valence-corrected chi connectivity index (χ3v) is 5.65. The van der Waals surface area contributed by atoms with Crippen LogP contribution in [0.5, 0.6) is 5.75 Å². The topological polar surface area (TPSA) is 50.8 Å². The molecular formula is C23H28N2O3. The second kappa shape index (κ2) is 8.65. The number of carbonyl (C=O) groups is 1. The lowest BCUT2D eigenvalue weighted by molar-refractivity contribution is -0.116. The molecule has 1 aliphatic heterocycles. The minimum Gasteiger partial charge on any atom is -0.497 e. The Kier molecular flexibility index (Phi) is 5.81. The van der Waals surface area contributed by atoms with Gasteiger partial charge < -0.3 is 19.7 Å². The second-order valence-electron chi connectivity index (χ2n) is 7.62. The summed E-state index contributed by atoms with van der Waals surface area (Å²) in [5, 5.41) is 3.11. The molecule has 1 aliphatic carbocycles. The molecule has 0 radical (unpaired) electrons. The van der Waals surface area contributed by atoms with E-state index in [1.807, 2.05) is 24.3 Å². The van der Waals surface area contributed by atoms with Gasteiger partial charge in [-0.2, -0.15) is 0 Å². The normalized spacial score (nSPS) is 17.8. The number of rotatable bonds is 7. The minimum atomic E-state index is 0.0758. The molecule has 1 N–H and O–H groups in total. The van der Waals surface area contributed by atoms with Crippen LogP contribution in [0.25, 0.3) is 0 Å². The smallest absolute Gasteiger partial charge is 0.224 e. The Bertz CT molecular complexity index is 796. The number of amides is 1. The van der Waals surface area contributed by atoms with Crippen LogP contribution in [0.15, 0.2) is 48.5 Å². The highest BCUT2D eigenvalue weighted by molar-refractivity contribution is 5.91. The number of ether oxygens (including phenoxy) is 2. The van der Waals surface area contributed by atoms with E-state index in [0.717, 1.165) is 43.4 Å². The van der Waals surface area contributed by atoms with Crippen LogP contribution in [-0.4, -0.2) is 39.3 Å². The predicted molar refractivity (Wildman–Crippen MR) is 111 cm³/mol. The molecule has 1 amide bonds. The molecule has 0 bridgehead atoms. The monoisotopic (exact) mass is 380 g/mol. The molecular weight excluding hydrogens is 352 g/mol. The van der Waals surface area contributed by atoms with Gasteiger partial charge in [-0.05, 0) is 60.6 Å². The van der Waals surface area contributed by atoms with Gasteiger partial charge in [0, 0.05) is 30.9 Å². The number of hydrogen-bond acceptors (Lipinski definition) is 4. The van der Waals surface area contributed by atoms with E-state index in [1.165, 1.54) is 18.4 Å². The molecule has 2 fully saturated rings. The standard InChI is InChI=1S/C23H28N2O3/c1-27-21-9-7-18(8-10-21)22(17-5-6-17)16-23(26)24-19-3-2-4-20(15-19)25-11-13-28-14-12-25/h2-4,7-10,15,17,22H,5-6,11-14,16H2,1H3,(H,24,26). The van der Waals surface area contributed by atoms with E-state index in [9.17, 15) is 4.79 Å². The Morgan fingerprint density at radius 3 is 2.61 bits per heavy atom. The largest absolute Gasteiger partial charge is 0.497 e. The predicted octanol–water partition coefficient (Wildman–Crippen LogP) is 4.05. The summed E-state index contributed by atoms with van der Waals surface area (Å²) < 4.78 is 10.7. The van der Waals surface area contributed by atoms with E-state index in [1.54, 1.807) is 7.11 Å². The van der Waals surface area contributed by atoms with Crippen LogP contribution in [0.4, 0.5) is 11.4 Å². The molecule has 28 heavy (non-hydrogen) atoms.